The highest BCUT2D eigenvalue weighted by atomic mass is 32.2. The third-order valence-electron chi connectivity index (χ3n) is 6.67. The lowest BCUT2D eigenvalue weighted by Gasteiger charge is -2.14. The Morgan fingerprint density at radius 3 is 2.79 bits per heavy atom. The van der Waals surface area contributed by atoms with Crippen molar-refractivity contribution in [2.75, 3.05) is 17.8 Å². The van der Waals surface area contributed by atoms with Gasteiger partial charge in [0.15, 0.2) is 17.3 Å². The Hall–Kier alpha value is -5.18. The first kappa shape index (κ1) is 27.0. The van der Waals surface area contributed by atoms with Crippen molar-refractivity contribution >= 4 is 32.7 Å². The van der Waals surface area contributed by atoms with E-state index < -0.39 is 33.0 Å². The van der Waals surface area contributed by atoms with Crippen molar-refractivity contribution in [3.63, 3.8) is 0 Å². The number of carbonyl (C=O) groups is 1. The Morgan fingerprint density at radius 2 is 2.00 bits per heavy atom. The smallest absolute Gasteiger partial charge is 0.261 e. The van der Waals surface area contributed by atoms with Crippen molar-refractivity contribution < 1.29 is 26.7 Å². The van der Waals surface area contributed by atoms with E-state index in [1.165, 1.54) is 42.7 Å². The van der Waals surface area contributed by atoms with Gasteiger partial charge >= 0.3 is 0 Å². The van der Waals surface area contributed by atoms with E-state index in [-0.39, 0.29) is 28.5 Å². The molecule has 4 heterocycles. The molecule has 12 nitrogen and oxygen atoms in total. The number of H-pyrrole nitrogens is 1. The highest BCUT2D eigenvalue weighted by Gasteiger charge is 2.28. The number of ether oxygens (including phenoxy) is 1. The van der Waals surface area contributed by atoms with Crippen molar-refractivity contribution in [1.29, 1.82) is 0 Å². The van der Waals surface area contributed by atoms with Gasteiger partial charge in [-0.3, -0.25) is 14.6 Å². The number of hydrogen-bond acceptors (Lipinski definition) is 8. The molecule has 1 saturated heterocycles. The molecule has 1 aliphatic heterocycles. The maximum Gasteiger partial charge on any atom is 0.261 e. The zero-order valence-electron chi connectivity index (χ0n) is 21.7. The third kappa shape index (κ3) is 5.05. The number of fused-ring (bicyclic) bond motifs is 1. The number of aromatic amines is 1. The molecule has 0 bridgehead atoms. The largest absolute Gasteiger partial charge is 0.471 e. The van der Waals surface area contributed by atoms with Gasteiger partial charge < -0.3 is 9.64 Å². The van der Waals surface area contributed by atoms with Crippen LogP contribution in [0.4, 0.5) is 14.5 Å². The first-order valence-electron chi connectivity index (χ1n) is 12.6. The summed E-state index contributed by atoms with van der Waals surface area (Å²) in [5.74, 6) is -2.05. The Kier molecular flexibility index (Phi) is 6.86. The van der Waals surface area contributed by atoms with Crippen LogP contribution in [0.1, 0.15) is 6.42 Å². The van der Waals surface area contributed by atoms with E-state index in [2.05, 4.69) is 36.8 Å². The zero-order valence-corrected chi connectivity index (χ0v) is 22.6. The van der Waals surface area contributed by atoms with Gasteiger partial charge in [-0.1, -0.05) is 30.0 Å². The van der Waals surface area contributed by atoms with Gasteiger partial charge in [0.2, 0.25) is 11.8 Å². The second-order valence-corrected chi connectivity index (χ2v) is 11.1. The van der Waals surface area contributed by atoms with Crippen LogP contribution in [-0.2, 0) is 14.8 Å². The average molecular weight is 593 g/mol. The normalized spacial score (nSPS) is 15.2. The molecular weight excluding hydrogens is 570 g/mol. The van der Waals surface area contributed by atoms with Gasteiger partial charge in [-0.05, 0) is 36.4 Å². The molecule has 1 aliphatic rings. The summed E-state index contributed by atoms with van der Waals surface area (Å²) in [6, 6.07) is 11.0. The van der Waals surface area contributed by atoms with Gasteiger partial charge in [-0.25, -0.2) is 26.9 Å². The van der Waals surface area contributed by atoms with Gasteiger partial charge in [0.25, 0.3) is 10.0 Å². The molecule has 3 aromatic heterocycles. The predicted octanol–water partition coefficient (Wildman–Crippen LogP) is 3.45. The van der Waals surface area contributed by atoms with Crippen LogP contribution in [0.25, 0.3) is 28.0 Å². The number of rotatable bonds is 8. The lowest BCUT2D eigenvalue weighted by molar-refractivity contribution is -0.125. The van der Waals surface area contributed by atoms with Crippen LogP contribution in [0.2, 0.25) is 0 Å². The summed E-state index contributed by atoms with van der Waals surface area (Å²) in [5.41, 5.74) is 0.0404. The summed E-state index contributed by atoms with van der Waals surface area (Å²) in [5, 5.41) is 15.4. The van der Waals surface area contributed by atoms with Gasteiger partial charge in [0, 0.05) is 24.7 Å². The number of aromatic nitrogens is 6. The number of hydrogen-bond donors (Lipinski definition) is 2. The molecule has 2 N–H and O–H groups in total. The van der Waals surface area contributed by atoms with E-state index in [0.717, 1.165) is 16.8 Å². The molecule has 0 aliphatic carbocycles. The Labute approximate surface area is 237 Å². The van der Waals surface area contributed by atoms with Gasteiger partial charge in [-0.15, -0.1) is 10.2 Å². The Morgan fingerprint density at radius 1 is 1.19 bits per heavy atom. The fourth-order valence-corrected chi connectivity index (χ4v) is 5.64. The van der Waals surface area contributed by atoms with Crippen molar-refractivity contribution in [2.24, 2.45) is 0 Å². The highest BCUT2D eigenvalue weighted by Crippen LogP contribution is 2.30. The molecule has 214 valence electrons. The topological polar surface area (TPSA) is 148 Å². The maximum absolute atomic E-state index is 15.5. The fraction of sp³-hybridized carbons (Fsp3) is 0.148. The molecular formula is C27H22F2N8O4S. The maximum atomic E-state index is 15.5. The third-order valence-corrected chi connectivity index (χ3v) is 8.06. The molecule has 42 heavy (non-hydrogen) atoms. The number of likely N-dealkylation sites (tertiary alicyclic amines) is 1. The van der Waals surface area contributed by atoms with Crippen molar-refractivity contribution in [3.05, 3.63) is 85.2 Å². The lowest BCUT2D eigenvalue weighted by atomic mass is 10.2. The summed E-state index contributed by atoms with van der Waals surface area (Å²) in [6.45, 7) is 4.43. The van der Waals surface area contributed by atoms with Crippen LogP contribution in [-0.4, -0.2) is 68.6 Å². The fourth-order valence-electron chi connectivity index (χ4n) is 4.56. The van der Waals surface area contributed by atoms with E-state index in [1.807, 2.05) is 0 Å². The lowest BCUT2D eigenvalue weighted by Crippen LogP contribution is -2.29. The summed E-state index contributed by atoms with van der Waals surface area (Å²) in [6.07, 6.45) is 4.37. The summed E-state index contributed by atoms with van der Waals surface area (Å²) in [4.78, 5) is 17.8. The first-order valence-corrected chi connectivity index (χ1v) is 14.1. The number of nitrogens with zero attached hydrogens (tertiary/aromatic N) is 6. The Bertz CT molecular complexity index is 1930. The van der Waals surface area contributed by atoms with Crippen LogP contribution in [0, 0.1) is 11.6 Å². The van der Waals surface area contributed by atoms with E-state index in [4.69, 9.17) is 4.74 Å². The molecule has 0 radical (unpaired) electrons. The van der Waals surface area contributed by atoms with Crippen LogP contribution in [0.15, 0.2) is 78.5 Å². The number of benzene rings is 2. The van der Waals surface area contributed by atoms with Crippen molar-refractivity contribution in [2.45, 2.75) is 17.4 Å². The van der Waals surface area contributed by atoms with E-state index in [0.29, 0.717) is 36.1 Å². The SMILES string of the molecule is C=CC(=O)N1CCC(Oc2n[nH]c3ncc(-c4cn(-c5c(F)ccc(NS(=O)(=O)c6ccccc6)c5F)nn4)cc23)C1. The quantitative estimate of drug-likeness (QED) is 0.261. The second-order valence-electron chi connectivity index (χ2n) is 9.39. The first-order chi connectivity index (χ1) is 20.2. The molecule has 1 unspecified atom stereocenters. The summed E-state index contributed by atoms with van der Waals surface area (Å²) >= 11 is 0. The van der Waals surface area contributed by atoms with Crippen LogP contribution in [0.5, 0.6) is 5.88 Å². The molecule has 0 spiro atoms. The molecule has 0 saturated carbocycles. The number of sulfonamides is 1. The minimum atomic E-state index is -4.13. The standard InChI is InChI=1S/C27H22F2N8O4S/c1-2-23(38)36-11-10-17(14-36)41-27-19-12-16(13-30-26(19)32-33-27)22-15-37(35-31-22)25-20(28)8-9-21(24(25)29)34-42(39,40)18-6-4-3-5-7-18/h2-9,12-13,15,17,34H,1,10-11,14H2,(H,30,32,33). The second kappa shape index (κ2) is 10.7. The number of pyridine rings is 1. The number of carbonyl (C=O) groups excluding carboxylic acids is 1. The van der Waals surface area contributed by atoms with E-state index in [1.54, 1.807) is 17.0 Å². The van der Waals surface area contributed by atoms with Gasteiger partial charge in [0.05, 0.1) is 28.7 Å². The number of amides is 1. The van der Waals surface area contributed by atoms with Crippen LogP contribution in [0.3, 0.4) is 0 Å². The van der Waals surface area contributed by atoms with Crippen LogP contribution < -0.4 is 9.46 Å². The van der Waals surface area contributed by atoms with E-state index >= 15 is 4.39 Å². The minimum Gasteiger partial charge on any atom is -0.471 e. The monoisotopic (exact) mass is 592 g/mol. The predicted molar refractivity (Wildman–Crippen MR) is 147 cm³/mol. The van der Waals surface area contributed by atoms with Crippen LogP contribution >= 0.6 is 0 Å². The number of anilines is 1. The number of nitrogens with one attached hydrogen (secondary N) is 2. The molecule has 15 heteroatoms. The number of halogens is 2. The van der Waals surface area contributed by atoms with Gasteiger partial charge in [-0.2, -0.15) is 0 Å². The molecule has 5 aromatic rings. The zero-order chi connectivity index (χ0) is 29.4. The molecule has 1 amide bonds. The molecule has 1 atom stereocenters. The minimum absolute atomic E-state index is 0.0840. The summed E-state index contributed by atoms with van der Waals surface area (Å²) < 4.78 is 64.7. The van der Waals surface area contributed by atoms with Crippen molar-refractivity contribution in [3.8, 4) is 22.8 Å². The Balaban J connectivity index is 1.27. The highest BCUT2D eigenvalue weighted by molar-refractivity contribution is 7.92. The van der Waals surface area contributed by atoms with Crippen molar-refractivity contribution in [1.82, 2.24) is 35.1 Å². The molecule has 6 rings (SSSR count). The molecule has 2 aromatic carbocycles. The van der Waals surface area contributed by atoms with Gasteiger partial charge in [0.1, 0.15) is 17.5 Å². The summed E-state index contributed by atoms with van der Waals surface area (Å²) in [7, 11) is -4.13. The van der Waals surface area contributed by atoms with E-state index in [9.17, 15) is 17.6 Å². The molecule has 1 fully saturated rings. The average Bonchev–Trinajstić information content (AvgIpc) is 3.76.